The van der Waals surface area contributed by atoms with Crippen LogP contribution >= 0.6 is 22.6 Å². The lowest BCUT2D eigenvalue weighted by Crippen LogP contribution is -2.19. The standard InChI is InChI=1S/C19H14F2IN3/c20-15-3-1-2-14(18(15)21)19-23-16-8-9-25(11-17(16)24-19)10-12-4-6-13(22)7-5-12/h1-9H,10-11H2,(H,23,24). The second kappa shape index (κ2) is 6.59. The summed E-state index contributed by atoms with van der Waals surface area (Å²) in [4.78, 5) is 9.68. The fraction of sp³-hybridized carbons (Fsp3) is 0.105. The first-order chi connectivity index (χ1) is 12.1. The average molecular weight is 449 g/mol. The molecule has 0 bridgehead atoms. The minimum absolute atomic E-state index is 0.145. The van der Waals surface area contributed by atoms with Crippen LogP contribution in [0.5, 0.6) is 0 Å². The molecule has 0 spiro atoms. The number of halogens is 3. The summed E-state index contributed by atoms with van der Waals surface area (Å²) in [7, 11) is 0. The topological polar surface area (TPSA) is 31.9 Å². The Bertz CT molecular complexity index is 948. The molecule has 0 atom stereocenters. The molecular formula is C19H14F2IN3. The third-order valence-corrected chi connectivity index (χ3v) is 4.84. The quantitative estimate of drug-likeness (QED) is 0.575. The number of rotatable bonds is 3. The Labute approximate surface area is 157 Å². The Morgan fingerprint density at radius 2 is 1.92 bits per heavy atom. The monoisotopic (exact) mass is 449 g/mol. The van der Waals surface area contributed by atoms with Gasteiger partial charge in [0.05, 0.1) is 23.5 Å². The summed E-state index contributed by atoms with van der Waals surface area (Å²) >= 11 is 2.28. The van der Waals surface area contributed by atoms with Gasteiger partial charge in [-0.1, -0.05) is 18.2 Å². The first-order valence-corrected chi connectivity index (χ1v) is 8.88. The highest BCUT2D eigenvalue weighted by molar-refractivity contribution is 14.1. The van der Waals surface area contributed by atoms with Crippen LogP contribution in [0.25, 0.3) is 17.5 Å². The zero-order valence-corrected chi connectivity index (χ0v) is 15.3. The van der Waals surface area contributed by atoms with Crippen molar-refractivity contribution in [3.05, 3.63) is 80.8 Å². The van der Waals surface area contributed by atoms with E-state index in [2.05, 4.69) is 61.7 Å². The Morgan fingerprint density at radius 1 is 1.12 bits per heavy atom. The predicted octanol–water partition coefficient (Wildman–Crippen LogP) is 4.95. The molecule has 1 aliphatic rings. The van der Waals surface area contributed by atoms with Gasteiger partial charge in [0.15, 0.2) is 11.6 Å². The van der Waals surface area contributed by atoms with Gasteiger partial charge in [-0.25, -0.2) is 13.8 Å². The number of aromatic amines is 1. The summed E-state index contributed by atoms with van der Waals surface area (Å²) in [5, 5.41) is 0. The summed E-state index contributed by atoms with van der Waals surface area (Å²) < 4.78 is 28.6. The second-order valence-corrected chi connectivity index (χ2v) is 7.14. The summed E-state index contributed by atoms with van der Waals surface area (Å²) in [6.45, 7) is 1.41. The number of aromatic nitrogens is 2. The van der Waals surface area contributed by atoms with Gasteiger partial charge in [-0.15, -0.1) is 0 Å². The molecule has 0 fully saturated rings. The van der Waals surface area contributed by atoms with Gasteiger partial charge in [-0.2, -0.15) is 0 Å². The number of nitrogens with zero attached hydrogens (tertiary/aromatic N) is 2. The third kappa shape index (κ3) is 3.30. The lowest BCUT2D eigenvalue weighted by atomic mass is 10.2. The number of hydrogen-bond donors (Lipinski definition) is 1. The van der Waals surface area contributed by atoms with Crippen molar-refractivity contribution < 1.29 is 8.78 Å². The maximum Gasteiger partial charge on any atom is 0.169 e. The highest BCUT2D eigenvalue weighted by atomic mass is 127. The smallest absolute Gasteiger partial charge is 0.169 e. The summed E-state index contributed by atoms with van der Waals surface area (Å²) in [5.41, 5.74) is 3.01. The molecule has 0 unspecified atom stereocenters. The van der Waals surface area contributed by atoms with E-state index in [0.717, 1.165) is 24.0 Å². The lowest BCUT2D eigenvalue weighted by Gasteiger charge is -2.23. The molecule has 1 aliphatic heterocycles. The van der Waals surface area contributed by atoms with Gasteiger partial charge in [-0.05, 0) is 58.5 Å². The molecule has 0 amide bonds. The first kappa shape index (κ1) is 16.3. The van der Waals surface area contributed by atoms with Crippen LogP contribution < -0.4 is 0 Å². The van der Waals surface area contributed by atoms with Crippen LogP contribution in [0.4, 0.5) is 8.78 Å². The molecule has 4 rings (SSSR count). The van der Waals surface area contributed by atoms with Gasteiger partial charge in [0.25, 0.3) is 0 Å². The highest BCUT2D eigenvalue weighted by Gasteiger charge is 2.19. The number of hydrogen-bond acceptors (Lipinski definition) is 2. The maximum atomic E-state index is 14.0. The van der Waals surface area contributed by atoms with Crippen molar-refractivity contribution in [2.45, 2.75) is 13.1 Å². The molecule has 0 saturated carbocycles. The number of nitrogens with one attached hydrogen (secondary N) is 1. The van der Waals surface area contributed by atoms with Crippen LogP contribution in [0, 0.1) is 15.2 Å². The van der Waals surface area contributed by atoms with Crippen LogP contribution in [0.1, 0.15) is 17.0 Å². The van der Waals surface area contributed by atoms with Gasteiger partial charge in [-0.3, -0.25) is 0 Å². The van der Waals surface area contributed by atoms with E-state index in [4.69, 9.17) is 0 Å². The molecule has 1 aromatic heterocycles. The van der Waals surface area contributed by atoms with Crippen molar-refractivity contribution in [1.29, 1.82) is 0 Å². The van der Waals surface area contributed by atoms with Gasteiger partial charge >= 0.3 is 0 Å². The zero-order valence-electron chi connectivity index (χ0n) is 13.1. The summed E-state index contributed by atoms with van der Waals surface area (Å²) in [6.07, 6.45) is 3.87. The Balaban J connectivity index is 1.57. The van der Waals surface area contributed by atoms with Crippen LogP contribution in [0.15, 0.2) is 48.7 Å². The maximum absolute atomic E-state index is 14.0. The molecule has 3 aromatic rings. The molecule has 25 heavy (non-hydrogen) atoms. The minimum Gasteiger partial charge on any atom is -0.367 e. The van der Waals surface area contributed by atoms with Crippen molar-refractivity contribution in [2.24, 2.45) is 0 Å². The zero-order chi connectivity index (χ0) is 17.4. The van der Waals surface area contributed by atoms with E-state index in [1.165, 1.54) is 21.3 Å². The van der Waals surface area contributed by atoms with Crippen molar-refractivity contribution in [3.63, 3.8) is 0 Å². The molecule has 126 valence electrons. The van der Waals surface area contributed by atoms with Crippen molar-refractivity contribution in [3.8, 4) is 11.4 Å². The lowest BCUT2D eigenvalue weighted by molar-refractivity contribution is 0.355. The Hall–Kier alpha value is -2.22. The predicted molar refractivity (Wildman–Crippen MR) is 101 cm³/mol. The molecule has 1 N–H and O–H groups in total. The normalized spacial score (nSPS) is 13.2. The van der Waals surface area contributed by atoms with E-state index in [0.29, 0.717) is 12.4 Å². The minimum atomic E-state index is -0.881. The molecule has 3 nitrogen and oxygen atoms in total. The van der Waals surface area contributed by atoms with Crippen molar-refractivity contribution in [1.82, 2.24) is 14.9 Å². The number of benzene rings is 2. The van der Waals surface area contributed by atoms with E-state index >= 15 is 0 Å². The van der Waals surface area contributed by atoms with Crippen molar-refractivity contribution in [2.75, 3.05) is 0 Å². The van der Waals surface area contributed by atoms with Crippen LogP contribution in [-0.4, -0.2) is 14.9 Å². The van der Waals surface area contributed by atoms with E-state index < -0.39 is 11.6 Å². The number of fused-ring (bicyclic) bond motifs is 1. The van der Waals surface area contributed by atoms with E-state index in [9.17, 15) is 8.78 Å². The third-order valence-electron chi connectivity index (χ3n) is 4.12. The van der Waals surface area contributed by atoms with E-state index in [-0.39, 0.29) is 5.56 Å². The molecule has 0 saturated heterocycles. The summed E-state index contributed by atoms with van der Waals surface area (Å²) in [6, 6.07) is 12.5. The van der Waals surface area contributed by atoms with E-state index in [1.54, 1.807) is 0 Å². The number of H-pyrrole nitrogens is 1. The van der Waals surface area contributed by atoms with Gasteiger partial charge in [0, 0.05) is 16.3 Å². The van der Waals surface area contributed by atoms with Crippen LogP contribution in [-0.2, 0) is 13.1 Å². The molecule has 2 aromatic carbocycles. The van der Waals surface area contributed by atoms with Gasteiger partial charge in [0.1, 0.15) is 5.82 Å². The SMILES string of the molecule is Fc1cccc(-c2nc3c([nH]2)CN(Cc2ccc(I)cc2)C=C3)c1F. The average Bonchev–Trinajstić information content (AvgIpc) is 3.02. The fourth-order valence-corrected chi connectivity index (χ4v) is 3.22. The molecular weight excluding hydrogens is 435 g/mol. The van der Waals surface area contributed by atoms with Crippen LogP contribution in [0.2, 0.25) is 0 Å². The molecule has 6 heteroatoms. The second-order valence-electron chi connectivity index (χ2n) is 5.90. The Morgan fingerprint density at radius 3 is 2.72 bits per heavy atom. The molecule has 0 radical (unpaired) electrons. The first-order valence-electron chi connectivity index (χ1n) is 7.80. The highest BCUT2D eigenvalue weighted by Crippen LogP contribution is 2.26. The molecule has 2 heterocycles. The van der Waals surface area contributed by atoms with Crippen LogP contribution in [0.3, 0.4) is 0 Å². The number of imidazole rings is 1. The molecule has 0 aliphatic carbocycles. The Kier molecular flexibility index (Phi) is 4.29. The largest absolute Gasteiger partial charge is 0.367 e. The van der Waals surface area contributed by atoms with Gasteiger partial charge < -0.3 is 9.88 Å². The van der Waals surface area contributed by atoms with E-state index in [1.807, 2.05) is 12.3 Å². The van der Waals surface area contributed by atoms with Gasteiger partial charge in [0.2, 0.25) is 0 Å². The fourth-order valence-electron chi connectivity index (χ4n) is 2.86. The van der Waals surface area contributed by atoms with Crippen molar-refractivity contribution >= 4 is 28.7 Å². The summed E-state index contributed by atoms with van der Waals surface area (Å²) in [5.74, 6) is -1.40.